The zero-order chi connectivity index (χ0) is 19.1. The second-order valence-electron chi connectivity index (χ2n) is 6.94. The summed E-state index contributed by atoms with van der Waals surface area (Å²) in [7, 11) is 0. The second-order valence-corrected chi connectivity index (χ2v) is 6.94. The molecule has 0 fully saturated rings. The molecule has 1 aromatic rings. The monoisotopic (exact) mass is 357 g/mol. The maximum absolute atomic E-state index is 11.1. The van der Waals surface area contributed by atoms with Gasteiger partial charge < -0.3 is 21.4 Å². The Morgan fingerprint density at radius 1 is 1.46 bits per heavy atom. The maximum Gasteiger partial charge on any atom is 0.154 e. The predicted molar refractivity (Wildman–Crippen MR) is 107 cm³/mol. The van der Waals surface area contributed by atoms with E-state index < -0.39 is 0 Å². The Balaban J connectivity index is 2.62. The molecule has 0 saturated carbocycles. The summed E-state index contributed by atoms with van der Waals surface area (Å²) < 4.78 is 5.68. The summed E-state index contributed by atoms with van der Waals surface area (Å²) in [4.78, 5) is 0. The fourth-order valence-electron chi connectivity index (χ4n) is 3.71. The molecule has 26 heavy (non-hydrogen) atoms. The predicted octanol–water partition coefficient (Wildman–Crippen LogP) is 4.44. The lowest BCUT2D eigenvalue weighted by Crippen LogP contribution is -2.19. The molecule has 5 heteroatoms. The van der Waals surface area contributed by atoms with Crippen molar-refractivity contribution in [2.75, 3.05) is 0 Å². The smallest absolute Gasteiger partial charge is 0.154 e. The van der Waals surface area contributed by atoms with E-state index in [0.717, 1.165) is 56.1 Å². The van der Waals surface area contributed by atoms with Gasteiger partial charge in [0.2, 0.25) is 0 Å². The molecule has 2 rings (SSSR count). The van der Waals surface area contributed by atoms with Gasteiger partial charge in [0.25, 0.3) is 0 Å². The Labute approximate surface area is 156 Å². The van der Waals surface area contributed by atoms with Crippen molar-refractivity contribution in [2.24, 2.45) is 16.7 Å². The number of ether oxygens (including phenoxy) is 1. The van der Waals surface area contributed by atoms with E-state index >= 15 is 0 Å². The van der Waals surface area contributed by atoms with Crippen molar-refractivity contribution in [3.63, 3.8) is 0 Å². The molecule has 1 aliphatic rings. The molecule has 0 aromatic heterocycles. The summed E-state index contributed by atoms with van der Waals surface area (Å²) >= 11 is 0. The molecule has 0 radical (unpaired) electrons. The van der Waals surface area contributed by atoms with Crippen molar-refractivity contribution in [3.05, 3.63) is 47.2 Å². The topological polar surface area (TPSA) is 93.9 Å². The van der Waals surface area contributed by atoms with E-state index in [1.165, 1.54) is 11.8 Å². The summed E-state index contributed by atoms with van der Waals surface area (Å²) in [5, 5.41) is 14.8. The molecule has 0 spiro atoms. The van der Waals surface area contributed by atoms with Crippen LogP contribution in [-0.4, -0.2) is 10.9 Å². The molecule has 1 aliphatic carbocycles. The van der Waals surface area contributed by atoms with E-state index in [4.69, 9.17) is 16.3 Å². The average Bonchev–Trinajstić information content (AvgIpc) is 2.61. The number of hydrogen-bond acceptors (Lipinski definition) is 4. The lowest BCUT2D eigenvalue weighted by molar-refractivity contribution is 0.431. The van der Waals surface area contributed by atoms with Crippen LogP contribution < -0.4 is 16.3 Å². The Kier molecular flexibility index (Phi) is 7.13. The number of hydrazone groups is 1. The first-order valence-corrected chi connectivity index (χ1v) is 9.40. The van der Waals surface area contributed by atoms with Crippen molar-refractivity contribution in [3.8, 4) is 11.5 Å². The molecule has 0 bridgehead atoms. The molecule has 5 nitrogen and oxygen atoms in total. The number of hydrogen-bond donors (Lipinski definition) is 3. The number of benzene rings is 1. The minimum absolute atomic E-state index is 0.0766. The van der Waals surface area contributed by atoms with Crippen molar-refractivity contribution in [1.29, 1.82) is 0 Å². The zero-order valence-corrected chi connectivity index (χ0v) is 15.9. The summed E-state index contributed by atoms with van der Waals surface area (Å²) in [5.41, 5.74) is 9.53. The highest BCUT2D eigenvalue weighted by atomic mass is 16.5. The van der Waals surface area contributed by atoms with Gasteiger partial charge >= 0.3 is 0 Å². The standard InChI is InChI=1S/C21H31N3O2/c1-4-6-7-10-16-13-17(26-5-2)18(15-11-8-9-14(3)12-15)20(25)19(16)21(22)24-23/h5,12-13,15,25H,2,4,6-11,23H2,1,3H3,(H2,22,24)/t15-/m0/s1. The highest BCUT2D eigenvalue weighted by Gasteiger charge is 2.26. The van der Waals surface area contributed by atoms with Gasteiger partial charge in [0.1, 0.15) is 11.5 Å². The molecular weight excluding hydrogens is 326 g/mol. The second kappa shape index (κ2) is 9.32. The SMILES string of the molecule is C=COc1cc(CCCCC)c(/C(N)=N/N)c(O)c1[C@@H]1C=C(C)CCC1. The van der Waals surface area contributed by atoms with Gasteiger partial charge in [-0.15, -0.1) is 0 Å². The van der Waals surface area contributed by atoms with Gasteiger partial charge in [0.15, 0.2) is 5.84 Å². The quantitative estimate of drug-likeness (QED) is 0.122. The van der Waals surface area contributed by atoms with Gasteiger partial charge in [-0.25, -0.2) is 0 Å². The molecule has 1 aromatic carbocycles. The number of allylic oxidation sites excluding steroid dienone is 2. The third-order valence-electron chi connectivity index (χ3n) is 4.98. The first kappa shape index (κ1) is 19.9. The molecule has 0 heterocycles. The minimum atomic E-state index is 0.0766. The summed E-state index contributed by atoms with van der Waals surface area (Å²) in [5.74, 6) is 6.42. The Hall–Kier alpha value is -2.43. The van der Waals surface area contributed by atoms with Crippen LogP contribution in [0.3, 0.4) is 0 Å². The van der Waals surface area contributed by atoms with E-state index in [2.05, 4.69) is 31.6 Å². The largest absolute Gasteiger partial charge is 0.507 e. The highest BCUT2D eigenvalue weighted by Crippen LogP contribution is 2.44. The van der Waals surface area contributed by atoms with E-state index in [1.807, 2.05) is 6.07 Å². The first-order valence-electron chi connectivity index (χ1n) is 9.40. The number of rotatable bonds is 8. The Bertz CT molecular complexity index is 708. The third-order valence-corrected chi connectivity index (χ3v) is 4.98. The van der Waals surface area contributed by atoms with Crippen LogP contribution in [0.4, 0.5) is 0 Å². The molecule has 5 N–H and O–H groups in total. The van der Waals surface area contributed by atoms with Gasteiger partial charge in [-0.3, -0.25) is 0 Å². The number of unbranched alkanes of at least 4 members (excludes halogenated alkanes) is 2. The summed E-state index contributed by atoms with van der Waals surface area (Å²) in [6, 6.07) is 1.96. The third kappa shape index (κ3) is 4.40. The van der Waals surface area contributed by atoms with E-state index in [9.17, 15) is 5.11 Å². The van der Waals surface area contributed by atoms with E-state index in [1.54, 1.807) is 0 Å². The van der Waals surface area contributed by atoms with Crippen LogP contribution in [0.1, 0.15) is 75.0 Å². The van der Waals surface area contributed by atoms with E-state index in [-0.39, 0.29) is 17.5 Å². The lowest BCUT2D eigenvalue weighted by atomic mass is 9.83. The molecule has 1 atom stereocenters. The van der Waals surface area contributed by atoms with Crippen molar-refractivity contribution in [1.82, 2.24) is 0 Å². The normalized spacial score (nSPS) is 17.7. The van der Waals surface area contributed by atoms with Gasteiger partial charge in [-0.1, -0.05) is 38.0 Å². The fraction of sp³-hybridized carbons (Fsp3) is 0.476. The van der Waals surface area contributed by atoms with E-state index in [0.29, 0.717) is 11.3 Å². The molecule has 142 valence electrons. The van der Waals surface area contributed by atoms with Crippen molar-refractivity contribution >= 4 is 5.84 Å². The van der Waals surface area contributed by atoms with Gasteiger partial charge in [0, 0.05) is 11.5 Å². The minimum Gasteiger partial charge on any atom is -0.507 e. The highest BCUT2D eigenvalue weighted by molar-refractivity contribution is 6.02. The summed E-state index contributed by atoms with van der Waals surface area (Å²) in [6.45, 7) is 7.95. The number of nitrogens with two attached hydrogens (primary N) is 2. The Morgan fingerprint density at radius 2 is 2.23 bits per heavy atom. The first-order chi connectivity index (χ1) is 12.5. The van der Waals surface area contributed by atoms with Gasteiger partial charge in [-0.05, 0) is 50.7 Å². The molecule has 0 aliphatic heterocycles. The van der Waals surface area contributed by atoms with Crippen LogP contribution in [0.5, 0.6) is 11.5 Å². The van der Waals surface area contributed by atoms with Crippen molar-refractivity contribution < 1.29 is 9.84 Å². The van der Waals surface area contributed by atoms with Crippen LogP contribution in [-0.2, 0) is 6.42 Å². The maximum atomic E-state index is 11.1. The lowest BCUT2D eigenvalue weighted by Gasteiger charge is -2.25. The number of amidine groups is 1. The Morgan fingerprint density at radius 3 is 2.85 bits per heavy atom. The van der Waals surface area contributed by atoms with Crippen LogP contribution in [0, 0.1) is 0 Å². The molecule has 0 amide bonds. The summed E-state index contributed by atoms with van der Waals surface area (Å²) in [6.07, 6.45) is 10.7. The van der Waals surface area contributed by atoms with Crippen LogP contribution in [0.2, 0.25) is 0 Å². The number of aromatic hydroxyl groups is 1. The molecule has 0 saturated heterocycles. The van der Waals surface area contributed by atoms with Crippen LogP contribution >= 0.6 is 0 Å². The zero-order valence-electron chi connectivity index (χ0n) is 15.9. The van der Waals surface area contributed by atoms with Gasteiger partial charge in [0.05, 0.1) is 11.8 Å². The van der Waals surface area contributed by atoms with Gasteiger partial charge in [-0.2, -0.15) is 5.10 Å². The molecule has 0 unspecified atom stereocenters. The number of phenolic OH excluding ortho intramolecular Hbond substituents is 1. The number of nitrogens with zero attached hydrogens (tertiary/aromatic N) is 1. The number of phenols is 1. The van der Waals surface area contributed by atoms with Crippen LogP contribution in [0.15, 0.2) is 35.7 Å². The molecular formula is C21H31N3O2. The average molecular weight is 357 g/mol. The number of aryl methyl sites for hydroxylation is 1. The fourth-order valence-corrected chi connectivity index (χ4v) is 3.71. The van der Waals surface area contributed by atoms with Crippen molar-refractivity contribution in [2.45, 2.75) is 64.7 Å². The van der Waals surface area contributed by atoms with Crippen LogP contribution in [0.25, 0.3) is 0 Å².